The lowest BCUT2D eigenvalue weighted by molar-refractivity contribution is 0.581. The van der Waals surface area contributed by atoms with E-state index in [1.165, 1.54) is 31.5 Å². The third-order valence-electron chi connectivity index (χ3n) is 3.67. The molecule has 1 aliphatic rings. The summed E-state index contributed by atoms with van der Waals surface area (Å²) in [7, 11) is 0. The summed E-state index contributed by atoms with van der Waals surface area (Å²) < 4.78 is 0. The van der Waals surface area contributed by atoms with Gasteiger partial charge in [-0.1, -0.05) is 20.8 Å². The maximum Gasteiger partial charge on any atom is 0.0562 e. The standard InChI is InChI=1S/C15H25N3/c1-4-14-6-5-9-18(14)15-7-8-16-13(10-15)11-17-12(2)3/h7-8,10,12,14,17H,4-6,9,11H2,1-3H3. The van der Waals surface area contributed by atoms with Crippen LogP contribution in [0.25, 0.3) is 0 Å². The highest BCUT2D eigenvalue weighted by atomic mass is 15.2. The van der Waals surface area contributed by atoms with Gasteiger partial charge < -0.3 is 10.2 Å². The fraction of sp³-hybridized carbons (Fsp3) is 0.667. The molecule has 0 saturated carbocycles. The molecule has 0 bridgehead atoms. The van der Waals surface area contributed by atoms with Crippen LogP contribution in [-0.4, -0.2) is 23.6 Å². The number of hydrogen-bond donors (Lipinski definition) is 1. The van der Waals surface area contributed by atoms with Crippen molar-refractivity contribution in [3.05, 3.63) is 24.0 Å². The third-order valence-corrected chi connectivity index (χ3v) is 3.67. The zero-order valence-corrected chi connectivity index (χ0v) is 11.8. The topological polar surface area (TPSA) is 28.2 Å². The molecule has 1 unspecified atom stereocenters. The Labute approximate surface area is 111 Å². The first-order valence-electron chi connectivity index (χ1n) is 7.15. The van der Waals surface area contributed by atoms with Crippen LogP contribution >= 0.6 is 0 Å². The van der Waals surface area contributed by atoms with Crippen LogP contribution in [-0.2, 0) is 6.54 Å². The predicted octanol–water partition coefficient (Wildman–Crippen LogP) is 2.96. The summed E-state index contributed by atoms with van der Waals surface area (Å²) in [5, 5.41) is 3.42. The van der Waals surface area contributed by atoms with E-state index in [9.17, 15) is 0 Å². The number of anilines is 1. The molecule has 1 fully saturated rings. The van der Waals surface area contributed by atoms with Gasteiger partial charge in [-0.2, -0.15) is 0 Å². The smallest absolute Gasteiger partial charge is 0.0562 e. The van der Waals surface area contributed by atoms with Crippen LogP contribution in [0.4, 0.5) is 5.69 Å². The number of nitrogens with one attached hydrogen (secondary N) is 1. The van der Waals surface area contributed by atoms with Gasteiger partial charge in [-0.15, -0.1) is 0 Å². The molecule has 0 radical (unpaired) electrons. The molecule has 0 spiro atoms. The average molecular weight is 247 g/mol. The summed E-state index contributed by atoms with van der Waals surface area (Å²) >= 11 is 0. The van der Waals surface area contributed by atoms with Gasteiger partial charge in [0.15, 0.2) is 0 Å². The molecule has 1 aromatic heterocycles. The van der Waals surface area contributed by atoms with E-state index in [2.05, 4.69) is 48.1 Å². The van der Waals surface area contributed by atoms with Crippen LogP contribution in [0.1, 0.15) is 45.7 Å². The molecule has 3 nitrogen and oxygen atoms in total. The van der Waals surface area contributed by atoms with E-state index in [0.29, 0.717) is 6.04 Å². The first kappa shape index (κ1) is 13.3. The minimum Gasteiger partial charge on any atom is -0.368 e. The van der Waals surface area contributed by atoms with Crippen molar-refractivity contribution in [2.45, 2.75) is 58.7 Å². The maximum absolute atomic E-state index is 4.44. The summed E-state index contributed by atoms with van der Waals surface area (Å²) in [5.41, 5.74) is 2.48. The van der Waals surface area contributed by atoms with Gasteiger partial charge in [0.25, 0.3) is 0 Å². The summed E-state index contributed by atoms with van der Waals surface area (Å²) in [6.07, 6.45) is 5.83. The Hall–Kier alpha value is -1.09. The molecule has 0 aromatic carbocycles. The highest BCUT2D eigenvalue weighted by Crippen LogP contribution is 2.27. The van der Waals surface area contributed by atoms with E-state index in [0.717, 1.165) is 18.3 Å². The molecule has 1 aliphatic heterocycles. The summed E-state index contributed by atoms with van der Waals surface area (Å²) in [6.45, 7) is 8.66. The van der Waals surface area contributed by atoms with Crippen LogP contribution in [0.3, 0.4) is 0 Å². The van der Waals surface area contributed by atoms with Crippen molar-refractivity contribution >= 4 is 5.69 Å². The van der Waals surface area contributed by atoms with Crippen molar-refractivity contribution in [3.8, 4) is 0 Å². The van der Waals surface area contributed by atoms with Crippen molar-refractivity contribution in [1.82, 2.24) is 10.3 Å². The van der Waals surface area contributed by atoms with Gasteiger partial charge in [-0.3, -0.25) is 4.98 Å². The molecule has 3 heteroatoms. The minimum absolute atomic E-state index is 0.505. The highest BCUT2D eigenvalue weighted by Gasteiger charge is 2.23. The van der Waals surface area contributed by atoms with E-state index in [1.807, 2.05) is 6.20 Å². The minimum atomic E-state index is 0.505. The van der Waals surface area contributed by atoms with Crippen molar-refractivity contribution in [2.75, 3.05) is 11.4 Å². The molecule has 0 aliphatic carbocycles. The van der Waals surface area contributed by atoms with Gasteiger partial charge in [0.05, 0.1) is 5.69 Å². The van der Waals surface area contributed by atoms with Gasteiger partial charge in [-0.05, 0) is 31.4 Å². The van der Waals surface area contributed by atoms with Gasteiger partial charge in [0.2, 0.25) is 0 Å². The second kappa shape index (κ2) is 6.19. The van der Waals surface area contributed by atoms with Crippen molar-refractivity contribution in [2.24, 2.45) is 0 Å². The van der Waals surface area contributed by atoms with E-state index in [1.54, 1.807) is 0 Å². The van der Waals surface area contributed by atoms with Crippen LogP contribution in [0.2, 0.25) is 0 Å². The Morgan fingerprint density at radius 2 is 2.33 bits per heavy atom. The van der Waals surface area contributed by atoms with Gasteiger partial charge in [-0.25, -0.2) is 0 Å². The Morgan fingerprint density at radius 1 is 1.50 bits per heavy atom. The van der Waals surface area contributed by atoms with E-state index in [-0.39, 0.29) is 0 Å². The average Bonchev–Trinajstić information content (AvgIpc) is 2.85. The van der Waals surface area contributed by atoms with Gasteiger partial charge in [0, 0.05) is 37.1 Å². The van der Waals surface area contributed by atoms with Crippen LogP contribution in [0.15, 0.2) is 18.3 Å². The third kappa shape index (κ3) is 3.22. The zero-order valence-electron chi connectivity index (χ0n) is 11.8. The summed E-state index contributed by atoms with van der Waals surface area (Å²) in [4.78, 5) is 6.99. The molecule has 2 rings (SSSR count). The monoisotopic (exact) mass is 247 g/mol. The molecule has 1 N–H and O–H groups in total. The Balaban J connectivity index is 2.06. The van der Waals surface area contributed by atoms with Crippen LogP contribution in [0.5, 0.6) is 0 Å². The van der Waals surface area contributed by atoms with Crippen molar-refractivity contribution in [3.63, 3.8) is 0 Å². The Kier molecular flexibility index (Phi) is 4.59. The molecule has 1 aromatic rings. The molecule has 1 saturated heterocycles. The van der Waals surface area contributed by atoms with Gasteiger partial charge >= 0.3 is 0 Å². The van der Waals surface area contributed by atoms with Crippen LogP contribution < -0.4 is 10.2 Å². The van der Waals surface area contributed by atoms with Crippen molar-refractivity contribution < 1.29 is 0 Å². The SMILES string of the molecule is CCC1CCCN1c1ccnc(CNC(C)C)c1. The second-order valence-corrected chi connectivity index (χ2v) is 5.44. The summed E-state index contributed by atoms with van der Waals surface area (Å²) in [5.74, 6) is 0. The quantitative estimate of drug-likeness (QED) is 0.867. The fourth-order valence-electron chi connectivity index (χ4n) is 2.65. The lowest BCUT2D eigenvalue weighted by Crippen LogP contribution is -2.29. The Bertz CT molecular complexity index is 376. The van der Waals surface area contributed by atoms with E-state index in [4.69, 9.17) is 0 Å². The van der Waals surface area contributed by atoms with Crippen LogP contribution in [0, 0.1) is 0 Å². The lowest BCUT2D eigenvalue weighted by atomic mass is 10.1. The second-order valence-electron chi connectivity index (χ2n) is 5.44. The van der Waals surface area contributed by atoms with Gasteiger partial charge in [0.1, 0.15) is 0 Å². The number of rotatable bonds is 5. The summed E-state index contributed by atoms with van der Waals surface area (Å²) in [6, 6.07) is 5.61. The largest absolute Gasteiger partial charge is 0.368 e. The Morgan fingerprint density at radius 3 is 3.06 bits per heavy atom. The first-order chi connectivity index (χ1) is 8.70. The maximum atomic E-state index is 4.44. The number of hydrogen-bond acceptors (Lipinski definition) is 3. The molecule has 0 amide bonds. The number of aromatic nitrogens is 1. The number of nitrogens with zero attached hydrogens (tertiary/aromatic N) is 2. The zero-order chi connectivity index (χ0) is 13.0. The highest BCUT2D eigenvalue weighted by molar-refractivity contribution is 5.48. The molecular weight excluding hydrogens is 222 g/mol. The lowest BCUT2D eigenvalue weighted by Gasteiger charge is -2.26. The molecular formula is C15H25N3. The van der Waals surface area contributed by atoms with E-state index >= 15 is 0 Å². The van der Waals surface area contributed by atoms with E-state index < -0.39 is 0 Å². The number of pyridine rings is 1. The molecule has 18 heavy (non-hydrogen) atoms. The predicted molar refractivity (Wildman–Crippen MR) is 76.9 cm³/mol. The molecule has 100 valence electrons. The first-order valence-corrected chi connectivity index (χ1v) is 7.15. The fourth-order valence-corrected chi connectivity index (χ4v) is 2.65. The normalized spacial score (nSPS) is 19.8. The molecule has 1 atom stereocenters. The van der Waals surface area contributed by atoms with Crippen molar-refractivity contribution in [1.29, 1.82) is 0 Å². The molecule has 2 heterocycles.